The lowest BCUT2D eigenvalue weighted by Gasteiger charge is -2.20. The zero-order valence-electron chi connectivity index (χ0n) is 12.5. The predicted octanol–water partition coefficient (Wildman–Crippen LogP) is 2.46. The van der Waals surface area contributed by atoms with Crippen LogP contribution in [-0.4, -0.2) is 29.6 Å². The van der Waals surface area contributed by atoms with Gasteiger partial charge in [0.15, 0.2) is 0 Å². The molecule has 2 atom stereocenters. The standard InChI is InChI=1S/C16H23NO4/c1-3-12(2)15(16(19)20)17-14(18)10-7-11-21-13-8-5-4-6-9-13/h4-6,8-9,12,15H,3,7,10-11H2,1-2H3,(H,17,18)(H,19,20). The van der Waals surface area contributed by atoms with E-state index in [0.29, 0.717) is 19.4 Å². The molecule has 1 aromatic carbocycles. The summed E-state index contributed by atoms with van der Waals surface area (Å²) in [5.74, 6) is -0.564. The van der Waals surface area contributed by atoms with Gasteiger partial charge in [-0.05, 0) is 24.5 Å². The van der Waals surface area contributed by atoms with Crippen molar-refractivity contribution in [2.75, 3.05) is 6.61 Å². The lowest BCUT2D eigenvalue weighted by atomic mass is 9.99. The Bertz CT molecular complexity index is 447. The molecule has 1 amide bonds. The number of rotatable bonds is 9. The Morgan fingerprint density at radius 3 is 2.52 bits per heavy atom. The van der Waals surface area contributed by atoms with Crippen LogP contribution in [0.15, 0.2) is 30.3 Å². The highest BCUT2D eigenvalue weighted by Gasteiger charge is 2.24. The van der Waals surface area contributed by atoms with Gasteiger partial charge in [0, 0.05) is 6.42 Å². The molecule has 0 aromatic heterocycles. The SMILES string of the molecule is CCC(C)C(NC(=O)CCCOc1ccccc1)C(=O)O. The van der Waals surface area contributed by atoms with E-state index in [0.717, 1.165) is 5.75 Å². The predicted molar refractivity (Wildman–Crippen MR) is 80.2 cm³/mol. The fraction of sp³-hybridized carbons (Fsp3) is 0.500. The number of amides is 1. The molecule has 2 unspecified atom stereocenters. The van der Waals surface area contributed by atoms with Crippen molar-refractivity contribution in [1.29, 1.82) is 0 Å². The number of carbonyl (C=O) groups is 2. The van der Waals surface area contributed by atoms with Gasteiger partial charge >= 0.3 is 5.97 Å². The van der Waals surface area contributed by atoms with Crippen LogP contribution in [0, 0.1) is 5.92 Å². The van der Waals surface area contributed by atoms with Gasteiger partial charge in [-0.2, -0.15) is 0 Å². The Labute approximate surface area is 125 Å². The first-order valence-corrected chi connectivity index (χ1v) is 7.24. The van der Waals surface area contributed by atoms with Crippen molar-refractivity contribution in [3.63, 3.8) is 0 Å². The number of nitrogens with one attached hydrogen (secondary N) is 1. The van der Waals surface area contributed by atoms with Crippen LogP contribution in [0.4, 0.5) is 0 Å². The molecule has 0 aliphatic heterocycles. The molecule has 0 aliphatic carbocycles. The van der Waals surface area contributed by atoms with Crippen molar-refractivity contribution in [1.82, 2.24) is 5.32 Å². The normalized spacial score (nSPS) is 13.2. The maximum atomic E-state index is 11.8. The van der Waals surface area contributed by atoms with E-state index >= 15 is 0 Å². The summed E-state index contributed by atoms with van der Waals surface area (Å²) in [5, 5.41) is 11.7. The third-order valence-electron chi connectivity index (χ3n) is 3.36. The van der Waals surface area contributed by atoms with Crippen LogP contribution in [0.1, 0.15) is 33.1 Å². The number of benzene rings is 1. The summed E-state index contributed by atoms with van der Waals surface area (Å²) >= 11 is 0. The van der Waals surface area contributed by atoms with Gasteiger partial charge in [-0.25, -0.2) is 4.79 Å². The van der Waals surface area contributed by atoms with Crippen LogP contribution >= 0.6 is 0 Å². The third kappa shape index (κ3) is 6.29. The molecule has 1 rings (SSSR count). The second kappa shape index (κ2) is 9.00. The Morgan fingerprint density at radius 2 is 1.95 bits per heavy atom. The van der Waals surface area contributed by atoms with Crippen molar-refractivity contribution in [3.05, 3.63) is 30.3 Å². The van der Waals surface area contributed by atoms with Crippen LogP contribution in [0.3, 0.4) is 0 Å². The van der Waals surface area contributed by atoms with Crippen LogP contribution in [0.25, 0.3) is 0 Å². The summed E-state index contributed by atoms with van der Waals surface area (Å²) in [4.78, 5) is 22.9. The number of carboxylic acids is 1. The van der Waals surface area contributed by atoms with E-state index in [4.69, 9.17) is 9.84 Å². The number of hydrogen-bond acceptors (Lipinski definition) is 3. The monoisotopic (exact) mass is 293 g/mol. The van der Waals surface area contributed by atoms with Crippen LogP contribution in [0.2, 0.25) is 0 Å². The van der Waals surface area contributed by atoms with Gasteiger partial charge in [0.05, 0.1) is 6.61 Å². The summed E-state index contributed by atoms with van der Waals surface area (Å²) in [6.07, 6.45) is 1.51. The first-order chi connectivity index (χ1) is 10.0. The first-order valence-electron chi connectivity index (χ1n) is 7.24. The second-order valence-corrected chi connectivity index (χ2v) is 5.03. The average Bonchev–Trinajstić information content (AvgIpc) is 2.49. The zero-order valence-corrected chi connectivity index (χ0v) is 12.5. The largest absolute Gasteiger partial charge is 0.494 e. The molecule has 2 N–H and O–H groups in total. The topological polar surface area (TPSA) is 75.6 Å². The number of aliphatic carboxylic acids is 1. The lowest BCUT2D eigenvalue weighted by molar-refractivity contribution is -0.143. The lowest BCUT2D eigenvalue weighted by Crippen LogP contribution is -2.45. The maximum absolute atomic E-state index is 11.8. The molecule has 0 aliphatic rings. The molecule has 0 bridgehead atoms. The van der Waals surface area contributed by atoms with Gasteiger partial charge in [-0.3, -0.25) is 4.79 Å². The van der Waals surface area contributed by atoms with Crippen LogP contribution in [0.5, 0.6) is 5.75 Å². The molecule has 0 heterocycles. The van der Waals surface area contributed by atoms with E-state index in [1.54, 1.807) is 0 Å². The molecule has 21 heavy (non-hydrogen) atoms. The Hall–Kier alpha value is -2.04. The average molecular weight is 293 g/mol. The van der Waals surface area contributed by atoms with Crippen molar-refractivity contribution in [3.8, 4) is 5.75 Å². The van der Waals surface area contributed by atoms with E-state index in [2.05, 4.69) is 5.32 Å². The van der Waals surface area contributed by atoms with E-state index in [9.17, 15) is 9.59 Å². The first kappa shape index (κ1) is 17.0. The highest BCUT2D eigenvalue weighted by Crippen LogP contribution is 2.10. The van der Waals surface area contributed by atoms with E-state index in [1.165, 1.54) is 0 Å². The Kier molecular flexibility index (Phi) is 7.29. The number of carbonyl (C=O) groups excluding carboxylic acids is 1. The van der Waals surface area contributed by atoms with Gasteiger partial charge in [0.2, 0.25) is 5.91 Å². The van der Waals surface area contributed by atoms with Gasteiger partial charge < -0.3 is 15.2 Å². The number of ether oxygens (including phenoxy) is 1. The third-order valence-corrected chi connectivity index (χ3v) is 3.36. The summed E-state index contributed by atoms with van der Waals surface area (Å²) in [6, 6.07) is 8.54. The van der Waals surface area contributed by atoms with Crippen molar-refractivity contribution in [2.24, 2.45) is 5.92 Å². The Balaban J connectivity index is 2.28. The minimum Gasteiger partial charge on any atom is -0.494 e. The van der Waals surface area contributed by atoms with Crippen LogP contribution < -0.4 is 10.1 Å². The number of carboxylic acid groups (broad SMARTS) is 1. The fourth-order valence-corrected chi connectivity index (χ4v) is 1.87. The molecule has 116 valence electrons. The molecule has 1 aromatic rings. The van der Waals surface area contributed by atoms with Crippen molar-refractivity contribution in [2.45, 2.75) is 39.2 Å². The molecule has 0 saturated heterocycles. The van der Waals surface area contributed by atoms with E-state index < -0.39 is 12.0 Å². The van der Waals surface area contributed by atoms with Crippen molar-refractivity contribution < 1.29 is 19.4 Å². The van der Waals surface area contributed by atoms with Gasteiger partial charge in [-0.1, -0.05) is 38.5 Å². The Morgan fingerprint density at radius 1 is 1.29 bits per heavy atom. The summed E-state index contributed by atoms with van der Waals surface area (Å²) in [7, 11) is 0. The minimum atomic E-state index is -0.988. The van der Waals surface area contributed by atoms with Gasteiger partial charge in [-0.15, -0.1) is 0 Å². The maximum Gasteiger partial charge on any atom is 0.326 e. The summed E-state index contributed by atoms with van der Waals surface area (Å²) in [6.45, 7) is 4.15. The molecule has 0 radical (unpaired) electrons. The van der Waals surface area contributed by atoms with Crippen molar-refractivity contribution >= 4 is 11.9 Å². The summed E-state index contributed by atoms with van der Waals surface area (Å²) < 4.78 is 5.48. The molecule has 0 saturated carbocycles. The van der Waals surface area contributed by atoms with E-state index in [1.807, 2.05) is 44.2 Å². The highest BCUT2D eigenvalue weighted by atomic mass is 16.5. The summed E-state index contributed by atoms with van der Waals surface area (Å²) in [5.41, 5.74) is 0. The fourth-order valence-electron chi connectivity index (χ4n) is 1.87. The zero-order chi connectivity index (χ0) is 15.7. The van der Waals surface area contributed by atoms with Gasteiger partial charge in [0.25, 0.3) is 0 Å². The number of hydrogen-bond donors (Lipinski definition) is 2. The molecule has 0 fully saturated rings. The molecule has 5 heteroatoms. The molecule has 0 spiro atoms. The highest BCUT2D eigenvalue weighted by molar-refractivity contribution is 5.83. The second-order valence-electron chi connectivity index (χ2n) is 5.03. The molecular formula is C16H23NO4. The number of para-hydroxylation sites is 1. The van der Waals surface area contributed by atoms with Gasteiger partial charge in [0.1, 0.15) is 11.8 Å². The van der Waals surface area contributed by atoms with E-state index in [-0.39, 0.29) is 18.2 Å². The smallest absolute Gasteiger partial charge is 0.326 e. The molecular weight excluding hydrogens is 270 g/mol. The van der Waals surface area contributed by atoms with Crippen LogP contribution in [-0.2, 0) is 9.59 Å². The minimum absolute atomic E-state index is 0.0907. The molecule has 5 nitrogen and oxygen atoms in total. The quantitative estimate of drug-likeness (QED) is 0.686.